The maximum absolute atomic E-state index is 12.4. The lowest BCUT2D eigenvalue weighted by Gasteiger charge is -2.12. The number of ether oxygens (including phenoxy) is 2. The van der Waals surface area contributed by atoms with Gasteiger partial charge in [-0.2, -0.15) is 8.78 Å². The van der Waals surface area contributed by atoms with Crippen LogP contribution >= 0.6 is 0 Å². The Morgan fingerprint density at radius 2 is 1.78 bits per heavy atom. The third-order valence-corrected chi connectivity index (χ3v) is 4.15. The summed E-state index contributed by atoms with van der Waals surface area (Å²) in [6, 6.07) is 18.1. The summed E-state index contributed by atoms with van der Waals surface area (Å²) in [6.07, 6.45) is 0.532. The number of fused-ring (bicyclic) bond motifs is 1. The summed E-state index contributed by atoms with van der Waals surface area (Å²) in [4.78, 5) is 12.3. The summed E-state index contributed by atoms with van der Waals surface area (Å²) >= 11 is 0. The van der Waals surface area contributed by atoms with Gasteiger partial charge in [0.25, 0.3) is 5.91 Å². The van der Waals surface area contributed by atoms with Gasteiger partial charge in [-0.05, 0) is 47.0 Å². The average Bonchev–Trinajstić information content (AvgIpc) is 2.68. The monoisotopic (exact) mass is 371 g/mol. The highest BCUT2D eigenvalue weighted by molar-refractivity contribution is 5.98. The lowest BCUT2D eigenvalue weighted by molar-refractivity contribution is -0.0512. The van der Waals surface area contributed by atoms with Crippen molar-refractivity contribution >= 4 is 16.7 Å². The van der Waals surface area contributed by atoms with Crippen molar-refractivity contribution in [1.82, 2.24) is 5.32 Å². The fourth-order valence-electron chi connectivity index (χ4n) is 2.81. The fraction of sp³-hybridized carbons (Fsp3) is 0.190. The first-order valence-electron chi connectivity index (χ1n) is 8.45. The highest BCUT2D eigenvalue weighted by atomic mass is 19.3. The van der Waals surface area contributed by atoms with Crippen molar-refractivity contribution in [2.45, 2.75) is 13.0 Å². The molecule has 0 saturated heterocycles. The molecule has 0 aliphatic rings. The summed E-state index contributed by atoms with van der Waals surface area (Å²) in [7, 11) is 1.39. The Hall–Kier alpha value is -3.15. The second kappa shape index (κ2) is 8.49. The highest BCUT2D eigenvalue weighted by Crippen LogP contribution is 2.29. The molecular weight excluding hydrogens is 352 g/mol. The molecule has 0 radical (unpaired) electrons. The SMILES string of the molecule is COc1cc(CCNC(=O)c2ccc3ccccc3c2)ccc1OC(F)F. The van der Waals surface area contributed by atoms with E-state index in [1.54, 1.807) is 18.2 Å². The molecule has 140 valence electrons. The molecular formula is C21H19F2NO3. The number of amides is 1. The van der Waals surface area contributed by atoms with Crippen LogP contribution in [-0.4, -0.2) is 26.2 Å². The van der Waals surface area contributed by atoms with Crippen molar-refractivity contribution < 1.29 is 23.0 Å². The second-order valence-electron chi connectivity index (χ2n) is 5.93. The number of methoxy groups -OCH3 is 1. The Bertz CT molecular complexity index is 944. The first-order chi connectivity index (χ1) is 13.1. The molecule has 6 heteroatoms. The van der Waals surface area contributed by atoms with Gasteiger partial charge in [-0.25, -0.2) is 0 Å². The quantitative estimate of drug-likeness (QED) is 0.669. The molecule has 0 atom stereocenters. The van der Waals surface area contributed by atoms with E-state index in [0.717, 1.165) is 16.3 Å². The predicted molar refractivity (Wildman–Crippen MR) is 99.6 cm³/mol. The van der Waals surface area contributed by atoms with Gasteiger partial charge in [0, 0.05) is 12.1 Å². The van der Waals surface area contributed by atoms with Crippen LogP contribution in [0.5, 0.6) is 11.5 Å². The smallest absolute Gasteiger partial charge is 0.387 e. The molecule has 0 aromatic heterocycles. The minimum atomic E-state index is -2.91. The molecule has 0 aliphatic carbocycles. The molecule has 0 fully saturated rings. The van der Waals surface area contributed by atoms with E-state index in [4.69, 9.17) is 4.74 Å². The van der Waals surface area contributed by atoms with E-state index >= 15 is 0 Å². The lowest BCUT2D eigenvalue weighted by atomic mass is 10.1. The van der Waals surface area contributed by atoms with Gasteiger partial charge in [-0.1, -0.05) is 36.4 Å². The Morgan fingerprint density at radius 3 is 2.52 bits per heavy atom. The number of hydrogen-bond donors (Lipinski definition) is 1. The van der Waals surface area contributed by atoms with Gasteiger partial charge in [0.2, 0.25) is 0 Å². The second-order valence-corrected chi connectivity index (χ2v) is 5.93. The van der Waals surface area contributed by atoms with Crippen LogP contribution in [0.15, 0.2) is 60.7 Å². The van der Waals surface area contributed by atoms with Gasteiger partial charge >= 0.3 is 6.61 Å². The molecule has 0 saturated carbocycles. The summed E-state index contributed by atoms with van der Waals surface area (Å²) in [6.45, 7) is -2.50. The zero-order chi connectivity index (χ0) is 19.2. The van der Waals surface area contributed by atoms with Crippen molar-refractivity contribution in [1.29, 1.82) is 0 Å². The Balaban J connectivity index is 1.60. The summed E-state index contributed by atoms with van der Waals surface area (Å²) in [5.74, 6) is 0.0514. The number of nitrogens with one attached hydrogen (secondary N) is 1. The van der Waals surface area contributed by atoms with E-state index in [2.05, 4.69) is 10.1 Å². The van der Waals surface area contributed by atoms with E-state index in [0.29, 0.717) is 18.5 Å². The van der Waals surface area contributed by atoms with Crippen molar-refractivity contribution in [2.75, 3.05) is 13.7 Å². The van der Waals surface area contributed by atoms with Crippen LogP contribution in [0.4, 0.5) is 8.78 Å². The zero-order valence-corrected chi connectivity index (χ0v) is 14.7. The van der Waals surface area contributed by atoms with Crippen LogP contribution in [0.25, 0.3) is 10.8 Å². The number of hydrogen-bond acceptors (Lipinski definition) is 3. The number of benzene rings is 3. The maximum atomic E-state index is 12.4. The maximum Gasteiger partial charge on any atom is 0.387 e. The Kier molecular flexibility index (Phi) is 5.86. The molecule has 0 bridgehead atoms. The molecule has 3 aromatic rings. The van der Waals surface area contributed by atoms with Gasteiger partial charge in [0.15, 0.2) is 11.5 Å². The minimum Gasteiger partial charge on any atom is -0.493 e. The summed E-state index contributed by atoms with van der Waals surface area (Å²) in [5, 5.41) is 4.95. The first kappa shape index (κ1) is 18.6. The predicted octanol–water partition coefficient (Wildman–Crippen LogP) is 4.42. The Labute approximate surface area is 155 Å². The largest absolute Gasteiger partial charge is 0.493 e. The highest BCUT2D eigenvalue weighted by Gasteiger charge is 2.11. The number of rotatable bonds is 7. The van der Waals surface area contributed by atoms with Crippen molar-refractivity contribution in [3.05, 3.63) is 71.8 Å². The normalized spacial score (nSPS) is 10.8. The Morgan fingerprint density at radius 1 is 1.00 bits per heavy atom. The number of halogens is 2. The van der Waals surface area contributed by atoms with E-state index in [1.165, 1.54) is 13.2 Å². The van der Waals surface area contributed by atoms with E-state index in [9.17, 15) is 13.6 Å². The number of alkyl halides is 2. The van der Waals surface area contributed by atoms with Crippen molar-refractivity contribution in [2.24, 2.45) is 0 Å². The molecule has 1 N–H and O–H groups in total. The van der Waals surface area contributed by atoms with Gasteiger partial charge in [-0.3, -0.25) is 4.79 Å². The number of carbonyl (C=O) groups is 1. The van der Waals surface area contributed by atoms with E-state index in [1.807, 2.05) is 36.4 Å². The molecule has 0 spiro atoms. The van der Waals surface area contributed by atoms with Crippen LogP contribution in [0.3, 0.4) is 0 Å². The standard InChI is InChI=1S/C21H19F2NO3/c1-26-19-12-14(6-9-18(19)27-21(22)23)10-11-24-20(25)17-8-7-15-4-2-3-5-16(15)13-17/h2-9,12-13,21H,10-11H2,1H3,(H,24,25). The zero-order valence-electron chi connectivity index (χ0n) is 14.7. The van der Waals surface area contributed by atoms with E-state index < -0.39 is 6.61 Å². The van der Waals surface area contributed by atoms with Gasteiger partial charge < -0.3 is 14.8 Å². The topological polar surface area (TPSA) is 47.6 Å². The molecule has 1 amide bonds. The van der Waals surface area contributed by atoms with Crippen LogP contribution in [0.1, 0.15) is 15.9 Å². The van der Waals surface area contributed by atoms with Crippen LogP contribution in [0, 0.1) is 0 Å². The summed E-state index contributed by atoms with van der Waals surface area (Å²) in [5.41, 5.74) is 1.43. The number of carbonyl (C=O) groups excluding carboxylic acids is 1. The third-order valence-electron chi connectivity index (χ3n) is 4.15. The fourth-order valence-corrected chi connectivity index (χ4v) is 2.81. The van der Waals surface area contributed by atoms with E-state index in [-0.39, 0.29) is 17.4 Å². The van der Waals surface area contributed by atoms with Gasteiger partial charge in [0.05, 0.1) is 7.11 Å². The average molecular weight is 371 g/mol. The van der Waals surface area contributed by atoms with Gasteiger partial charge in [-0.15, -0.1) is 0 Å². The van der Waals surface area contributed by atoms with Crippen molar-refractivity contribution in [3.8, 4) is 11.5 Å². The van der Waals surface area contributed by atoms with Crippen LogP contribution in [-0.2, 0) is 6.42 Å². The van der Waals surface area contributed by atoms with Crippen LogP contribution in [0.2, 0.25) is 0 Å². The molecule has 4 nitrogen and oxygen atoms in total. The molecule has 3 rings (SSSR count). The van der Waals surface area contributed by atoms with Crippen LogP contribution < -0.4 is 14.8 Å². The third kappa shape index (κ3) is 4.73. The van der Waals surface area contributed by atoms with Crippen molar-refractivity contribution in [3.63, 3.8) is 0 Å². The molecule has 27 heavy (non-hydrogen) atoms. The molecule has 0 heterocycles. The molecule has 0 aliphatic heterocycles. The minimum absolute atomic E-state index is 0.0172. The van der Waals surface area contributed by atoms with Gasteiger partial charge in [0.1, 0.15) is 0 Å². The lowest BCUT2D eigenvalue weighted by Crippen LogP contribution is -2.25. The molecule has 0 unspecified atom stereocenters. The first-order valence-corrected chi connectivity index (χ1v) is 8.45. The summed E-state index contributed by atoms with van der Waals surface area (Å²) < 4.78 is 34.2. The molecule has 3 aromatic carbocycles.